The monoisotopic (exact) mass is 343 g/mol. The van der Waals surface area contributed by atoms with Gasteiger partial charge in [0.1, 0.15) is 4.88 Å². The second kappa shape index (κ2) is 7.18. The van der Waals surface area contributed by atoms with E-state index in [0.29, 0.717) is 4.88 Å². The summed E-state index contributed by atoms with van der Waals surface area (Å²) in [4.78, 5) is 25.1. The summed E-state index contributed by atoms with van der Waals surface area (Å²) in [6, 6.07) is 10.0. The maximum Gasteiger partial charge on any atom is 0.349 e. The molecule has 0 fully saturated rings. The third-order valence-corrected chi connectivity index (χ3v) is 5.38. The molecule has 1 aromatic carbocycles. The normalized spacial score (nSPS) is 17.7. The van der Waals surface area contributed by atoms with Crippen LogP contribution in [0.4, 0.5) is 0 Å². The van der Waals surface area contributed by atoms with Crippen LogP contribution in [0.2, 0.25) is 0 Å². The van der Waals surface area contributed by atoms with Gasteiger partial charge in [0.15, 0.2) is 6.10 Å². The van der Waals surface area contributed by atoms with Gasteiger partial charge in [-0.15, -0.1) is 11.3 Å². The predicted molar refractivity (Wildman–Crippen MR) is 94.2 cm³/mol. The Morgan fingerprint density at radius 3 is 2.83 bits per heavy atom. The highest BCUT2D eigenvalue weighted by Gasteiger charge is 2.26. The van der Waals surface area contributed by atoms with Crippen molar-refractivity contribution in [1.82, 2.24) is 5.32 Å². The second-order valence-corrected chi connectivity index (χ2v) is 7.05. The Labute approximate surface area is 145 Å². The van der Waals surface area contributed by atoms with Crippen LogP contribution in [-0.4, -0.2) is 18.0 Å². The number of amides is 1. The number of rotatable bonds is 4. The molecule has 5 heteroatoms. The number of nitrogens with one attached hydrogen (secondary N) is 1. The lowest BCUT2D eigenvalue weighted by atomic mass is 9.87. The largest absolute Gasteiger partial charge is 0.448 e. The van der Waals surface area contributed by atoms with Gasteiger partial charge < -0.3 is 10.1 Å². The molecule has 126 valence electrons. The van der Waals surface area contributed by atoms with Gasteiger partial charge in [0.25, 0.3) is 5.91 Å². The van der Waals surface area contributed by atoms with Crippen molar-refractivity contribution >= 4 is 23.2 Å². The molecule has 1 aliphatic carbocycles. The molecule has 0 saturated carbocycles. The quantitative estimate of drug-likeness (QED) is 0.859. The molecule has 0 aliphatic heterocycles. The summed E-state index contributed by atoms with van der Waals surface area (Å²) >= 11 is 1.33. The first-order chi connectivity index (χ1) is 11.6. The van der Waals surface area contributed by atoms with E-state index in [-0.39, 0.29) is 11.9 Å². The van der Waals surface area contributed by atoms with Crippen molar-refractivity contribution in [3.63, 3.8) is 0 Å². The molecule has 1 aliphatic rings. The summed E-state index contributed by atoms with van der Waals surface area (Å²) in [7, 11) is 0. The number of hydrogen-bond acceptors (Lipinski definition) is 4. The Hall–Kier alpha value is -2.14. The zero-order valence-corrected chi connectivity index (χ0v) is 14.7. The molecule has 0 bridgehead atoms. The van der Waals surface area contributed by atoms with Crippen LogP contribution in [0.1, 0.15) is 52.2 Å². The summed E-state index contributed by atoms with van der Waals surface area (Å²) in [6.07, 6.45) is 2.19. The molecule has 1 heterocycles. The minimum absolute atomic E-state index is 0.00734. The number of fused-ring (bicyclic) bond motifs is 1. The standard InChI is InChI=1S/C19H21NO3S/c1-12-10-11-24-17(12)19(22)23-13(2)18(21)20-16-9-5-7-14-6-3-4-8-15(14)16/h3-4,6,8,10-11,13,16H,5,7,9H2,1-2H3,(H,20,21)/t13-,16+/m1/s1. The fourth-order valence-corrected chi connectivity index (χ4v) is 3.85. The molecule has 2 atom stereocenters. The van der Waals surface area contributed by atoms with Crippen molar-refractivity contribution in [2.75, 3.05) is 0 Å². The maximum atomic E-state index is 12.4. The van der Waals surface area contributed by atoms with E-state index in [1.54, 1.807) is 6.92 Å². The molecular formula is C19H21NO3S. The predicted octanol–water partition coefficient (Wildman–Crippen LogP) is 3.80. The highest BCUT2D eigenvalue weighted by Crippen LogP contribution is 2.29. The van der Waals surface area contributed by atoms with Gasteiger partial charge in [0.2, 0.25) is 0 Å². The van der Waals surface area contributed by atoms with Crippen molar-refractivity contribution < 1.29 is 14.3 Å². The van der Waals surface area contributed by atoms with Crippen molar-refractivity contribution in [2.24, 2.45) is 0 Å². The average molecular weight is 343 g/mol. The van der Waals surface area contributed by atoms with E-state index in [4.69, 9.17) is 4.74 Å². The number of esters is 1. The molecule has 1 N–H and O–H groups in total. The number of benzene rings is 1. The summed E-state index contributed by atoms with van der Waals surface area (Å²) < 4.78 is 5.33. The summed E-state index contributed by atoms with van der Waals surface area (Å²) in [5.41, 5.74) is 3.33. The van der Waals surface area contributed by atoms with Crippen LogP contribution in [0.15, 0.2) is 35.7 Å². The minimum Gasteiger partial charge on any atom is -0.448 e. The molecular weight excluding hydrogens is 322 g/mol. The van der Waals surface area contributed by atoms with E-state index < -0.39 is 12.1 Å². The van der Waals surface area contributed by atoms with E-state index in [9.17, 15) is 9.59 Å². The molecule has 0 spiro atoms. The molecule has 0 radical (unpaired) electrons. The van der Waals surface area contributed by atoms with Crippen LogP contribution >= 0.6 is 11.3 Å². The highest BCUT2D eigenvalue weighted by atomic mass is 32.1. The van der Waals surface area contributed by atoms with E-state index in [1.165, 1.54) is 22.5 Å². The van der Waals surface area contributed by atoms with Crippen molar-refractivity contribution in [2.45, 2.75) is 45.3 Å². The van der Waals surface area contributed by atoms with Crippen LogP contribution < -0.4 is 5.32 Å². The van der Waals surface area contributed by atoms with Gasteiger partial charge in [0.05, 0.1) is 6.04 Å². The van der Waals surface area contributed by atoms with E-state index in [1.807, 2.05) is 30.5 Å². The van der Waals surface area contributed by atoms with Crippen LogP contribution in [0.25, 0.3) is 0 Å². The lowest BCUT2D eigenvalue weighted by Gasteiger charge is -2.27. The molecule has 24 heavy (non-hydrogen) atoms. The van der Waals surface area contributed by atoms with Crippen molar-refractivity contribution in [1.29, 1.82) is 0 Å². The van der Waals surface area contributed by atoms with Gasteiger partial charge >= 0.3 is 5.97 Å². The Bertz CT molecular complexity index is 753. The smallest absolute Gasteiger partial charge is 0.349 e. The average Bonchev–Trinajstić information content (AvgIpc) is 3.01. The molecule has 0 saturated heterocycles. The van der Waals surface area contributed by atoms with Gasteiger partial charge in [-0.05, 0) is 61.2 Å². The zero-order valence-electron chi connectivity index (χ0n) is 13.9. The first kappa shape index (κ1) is 16.7. The van der Waals surface area contributed by atoms with Gasteiger partial charge in [-0.2, -0.15) is 0 Å². The van der Waals surface area contributed by atoms with Crippen molar-refractivity contribution in [3.8, 4) is 0 Å². The van der Waals surface area contributed by atoms with Crippen LogP contribution in [-0.2, 0) is 16.0 Å². The van der Waals surface area contributed by atoms with E-state index >= 15 is 0 Å². The first-order valence-electron chi connectivity index (χ1n) is 8.19. The number of carbonyl (C=O) groups excluding carboxylic acids is 2. The maximum absolute atomic E-state index is 12.4. The first-order valence-corrected chi connectivity index (χ1v) is 9.07. The number of carbonyl (C=O) groups is 2. The van der Waals surface area contributed by atoms with Crippen LogP contribution in [0, 0.1) is 6.92 Å². The zero-order chi connectivity index (χ0) is 17.1. The number of hydrogen-bond donors (Lipinski definition) is 1. The number of ether oxygens (including phenoxy) is 1. The van der Waals surface area contributed by atoms with Gasteiger partial charge in [-0.25, -0.2) is 4.79 Å². The van der Waals surface area contributed by atoms with Gasteiger partial charge in [-0.3, -0.25) is 4.79 Å². The lowest BCUT2D eigenvalue weighted by Crippen LogP contribution is -2.39. The van der Waals surface area contributed by atoms with Crippen molar-refractivity contribution in [3.05, 3.63) is 57.3 Å². The van der Waals surface area contributed by atoms with Gasteiger partial charge in [0, 0.05) is 0 Å². The second-order valence-electron chi connectivity index (χ2n) is 6.13. The fraction of sp³-hybridized carbons (Fsp3) is 0.368. The highest BCUT2D eigenvalue weighted by molar-refractivity contribution is 7.12. The molecule has 0 unspecified atom stereocenters. The Kier molecular flexibility index (Phi) is 5.00. The van der Waals surface area contributed by atoms with Crippen LogP contribution in [0.3, 0.4) is 0 Å². The topological polar surface area (TPSA) is 55.4 Å². The molecule has 2 aromatic rings. The van der Waals surface area contributed by atoms with E-state index in [2.05, 4.69) is 17.4 Å². The molecule has 4 nitrogen and oxygen atoms in total. The number of aryl methyl sites for hydroxylation is 2. The molecule has 3 rings (SSSR count). The Balaban J connectivity index is 1.63. The Morgan fingerprint density at radius 2 is 2.08 bits per heavy atom. The summed E-state index contributed by atoms with van der Waals surface area (Å²) in [5.74, 6) is -0.687. The molecule has 1 amide bonds. The van der Waals surface area contributed by atoms with Gasteiger partial charge in [-0.1, -0.05) is 24.3 Å². The van der Waals surface area contributed by atoms with E-state index in [0.717, 1.165) is 24.8 Å². The minimum atomic E-state index is -0.812. The fourth-order valence-electron chi connectivity index (χ4n) is 3.04. The third-order valence-electron chi connectivity index (χ3n) is 4.39. The molecule has 1 aromatic heterocycles. The Morgan fingerprint density at radius 1 is 1.29 bits per heavy atom. The SMILES string of the molecule is Cc1ccsc1C(=O)O[C@H](C)C(=O)N[C@H]1CCCc2ccccc21. The third kappa shape index (κ3) is 3.51. The summed E-state index contributed by atoms with van der Waals surface area (Å²) in [6.45, 7) is 3.47. The number of thiophene rings is 1. The summed E-state index contributed by atoms with van der Waals surface area (Å²) in [5, 5.41) is 4.87. The lowest BCUT2D eigenvalue weighted by molar-refractivity contribution is -0.130. The van der Waals surface area contributed by atoms with Crippen LogP contribution in [0.5, 0.6) is 0 Å².